The Morgan fingerprint density at radius 2 is 2.09 bits per heavy atom. The molecule has 8 nitrogen and oxygen atoms in total. The van der Waals surface area contributed by atoms with E-state index in [1.807, 2.05) is 31.9 Å². The molecule has 1 N–H and O–H groups in total. The average Bonchev–Trinajstić information content (AvgIpc) is 3.25. The van der Waals surface area contributed by atoms with Crippen LogP contribution in [0.1, 0.15) is 60.4 Å². The highest BCUT2D eigenvalue weighted by Crippen LogP contribution is 2.44. The zero-order chi connectivity index (χ0) is 24.7. The molecule has 1 spiro atoms. The Balaban J connectivity index is 1.58. The summed E-state index contributed by atoms with van der Waals surface area (Å²) in [5, 5.41) is 12.6. The second-order valence-corrected chi connectivity index (χ2v) is 9.98. The SMILES string of the molecule is Cc1nc(N[C@H](C)c2cccc(C#N)c2F)c2c(n1)C1(CCN(C)C1)C(=O)N(C1CCOCC1)C2. The van der Waals surface area contributed by atoms with Gasteiger partial charge in [-0.25, -0.2) is 14.4 Å². The molecule has 0 bridgehead atoms. The van der Waals surface area contributed by atoms with Crippen LogP contribution in [-0.2, 0) is 21.5 Å². The van der Waals surface area contributed by atoms with Crippen LogP contribution in [-0.4, -0.2) is 65.1 Å². The molecule has 0 saturated carbocycles. The number of aromatic nitrogens is 2. The third-order valence-electron chi connectivity index (χ3n) is 7.63. The molecule has 9 heteroatoms. The van der Waals surface area contributed by atoms with Crippen molar-refractivity contribution in [2.24, 2.45) is 0 Å². The lowest BCUT2D eigenvalue weighted by Gasteiger charge is -2.45. The maximum absolute atomic E-state index is 14.9. The number of fused-ring (bicyclic) bond motifs is 2. The number of ether oxygens (including phenoxy) is 1. The van der Waals surface area contributed by atoms with E-state index in [0.29, 0.717) is 49.9 Å². The molecule has 4 heterocycles. The van der Waals surface area contributed by atoms with Crippen LogP contribution in [0.3, 0.4) is 0 Å². The Hall–Kier alpha value is -3.09. The number of rotatable bonds is 4. The van der Waals surface area contributed by atoms with Crippen molar-refractivity contribution in [1.82, 2.24) is 19.8 Å². The summed E-state index contributed by atoms with van der Waals surface area (Å²) in [7, 11) is 2.04. The maximum atomic E-state index is 14.9. The van der Waals surface area contributed by atoms with E-state index in [2.05, 4.69) is 10.2 Å². The summed E-state index contributed by atoms with van der Waals surface area (Å²) in [6.45, 7) is 6.83. The predicted octanol–water partition coefficient (Wildman–Crippen LogP) is 3.06. The minimum absolute atomic E-state index is 0.0151. The number of nitrogens with one attached hydrogen (secondary N) is 1. The first kappa shape index (κ1) is 23.6. The lowest BCUT2D eigenvalue weighted by molar-refractivity contribution is -0.144. The van der Waals surface area contributed by atoms with Crippen molar-refractivity contribution in [2.45, 2.75) is 57.2 Å². The molecular weight excluding hydrogens is 447 g/mol. The Kier molecular flexibility index (Phi) is 6.20. The molecule has 3 aliphatic heterocycles. The molecule has 2 fully saturated rings. The number of anilines is 1. The molecule has 184 valence electrons. The third kappa shape index (κ3) is 4.05. The zero-order valence-corrected chi connectivity index (χ0v) is 20.5. The molecule has 0 aliphatic carbocycles. The van der Waals surface area contributed by atoms with Gasteiger partial charge in [0.05, 0.1) is 23.8 Å². The third-order valence-corrected chi connectivity index (χ3v) is 7.63. The smallest absolute Gasteiger partial charge is 0.236 e. The first-order chi connectivity index (χ1) is 16.8. The van der Waals surface area contributed by atoms with Crippen molar-refractivity contribution < 1.29 is 13.9 Å². The van der Waals surface area contributed by atoms with E-state index in [4.69, 9.17) is 14.7 Å². The minimum atomic E-state index is -0.708. The molecule has 0 radical (unpaired) electrons. The van der Waals surface area contributed by atoms with E-state index in [9.17, 15) is 14.4 Å². The number of amides is 1. The number of hydrogen-bond donors (Lipinski definition) is 1. The van der Waals surface area contributed by atoms with Gasteiger partial charge in [-0.05, 0) is 52.8 Å². The number of nitriles is 1. The van der Waals surface area contributed by atoms with Gasteiger partial charge < -0.3 is 19.9 Å². The van der Waals surface area contributed by atoms with Gasteiger partial charge in [0.25, 0.3) is 0 Å². The monoisotopic (exact) mass is 478 g/mol. The van der Waals surface area contributed by atoms with Gasteiger partial charge in [0.2, 0.25) is 5.91 Å². The molecule has 1 unspecified atom stereocenters. The number of carbonyl (C=O) groups is 1. The minimum Gasteiger partial charge on any atom is -0.381 e. The van der Waals surface area contributed by atoms with Crippen molar-refractivity contribution in [3.8, 4) is 6.07 Å². The van der Waals surface area contributed by atoms with E-state index < -0.39 is 17.3 Å². The number of likely N-dealkylation sites (N-methyl/N-ethyl adjacent to an activating group) is 1. The largest absolute Gasteiger partial charge is 0.381 e. The number of benzene rings is 1. The molecule has 2 aromatic rings. The van der Waals surface area contributed by atoms with Gasteiger partial charge in [-0.3, -0.25) is 4.79 Å². The quantitative estimate of drug-likeness (QED) is 0.722. The number of aryl methyl sites for hydroxylation is 1. The van der Waals surface area contributed by atoms with Gasteiger partial charge in [-0.2, -0.15) is 5.26 Å². The summed E-state index contributed by atoms with van der Waals surface area (Å²) in [5.74, 6) is 0.819. The summed E-state index contributed by atoms with van der Waals surface area (Å²) in [5.41, 5.74) is 1.41. The van der Waals surface area contributed by atoms with E-state index in [-0.39, 0.29) is 17.5 Å². The molecule has 1 amide bonds. The zero-order valence-electron chi connectivity index (χ0n) is 20.5. The summed E-state index contributed by atoms with van der Waals surface area (Å²) >= 11 is 0. The van der Waals surface area contributed by atoms with Crippen molar-refractivity contribution in [2.75, 3.05) is 38.7 Å². The maximum Gasteiger partial charge on any atom is 0.236 e. The molecule has 2 atom stereocenters. The van der Waals surface area contributed by atoms with Gasteiger partial charge in [0, 0.05) is 36.9 Å². The summed E-state index contributed by atoms with van der Waals surface area (Å²) in [6, 6.07) is 6.43. The van der Waals surface area contributed by atoms with Gasteiger partial charge >= 0.3 is 0 Å². The second kappa shape index (κ2) is 9.17. The normalized spacial score (nSPS) is 23.9. The standard InChI is InChI=1S/C26H31FN6O2/c1-16(20-6-4-5-18(13-28)22(20)27)29-24-21-14-33(19-7-11-35-12-8-19)25(34)26(9-10-32(3)15-26)23(21)30-17(2)31-24/h4-6,16,19H,7-12,14-15H2,1-3H3,(H,29,30,31)/t16-,26?/m1/s1. The molecule has 3 aliphatic rings. The van der Waals surface area contributed by atoms with Crippen molar-refractivity contribution >= 4 is 11.7 Å². The highest BCUT2D eigenvalue weighted by Gasteiger charge is 2.54. The Bertz CT molecular complexity index is 1190. The molecular formula is C26H31FN6O2. The van der Waals surface area contributed by atoms with Crippen molar-refractivity contribution in [3.63, 3.8) is 0 Å². The predicted molar refractivity (Wildman–Crippen MR) is 128 cm³/mol. The molecule has 1 aromatic carbocycles. The van der Waals surface area contributed by atoms with Crippen LogP contribution in [0.4, 0.5) is 10.2 Å². The fourth-order valence-electron chi connectivity index (χ4n) is 5.79. The lowest BCUT2D eigenvalue weighted by atomic mass is 9.76. The van der Waals surface area contributed by atoms with E-state index >= 15 is 0 Å². The van der Waals surface area contributed by atoms with Crippen LogP contribution in [0.25, 0.3) is 0 Å². The van der Waals surface area contributed by atoms with Crippen molar-refractivity contribution in [3.05, 3.63) is 52.2 Å². The number of halogens is 1. The number of carbonyl (C=O) groups excluding carboxylic acids is 1. The number of likely N-dealkylation sites (tertiary alicyclic amines) is 1. The van der Waals surface area contributed by atoms with Gasteiger partial charge in [0.15, 0.2) is 0 Å². The average molecular weight is 479 g/mol. The molecule has 2 saturated heterocycles. The Morgan fingerprint density at radius 1 is 1.31 bits per heavy atom. The van der Waals surface area contributed by atoms with Crippen LogP contribution in [0.15, 0.2) is 18.2 Å². The highest BCUT2D eigenvalue weighted by atomic mass is 19.1. The second-order valence-electron chi connectivity index (χ2n) is 9.98. The number of nitrogens with zero attached hydrogens (tertiary/aromatic N) is 5. The molecule has 5 rings (SSSR count). The van der Waals surface area contributed by atoms with Gasteiger partial charge in [0.1, 0.15) is 28.9 Å². The fourth-order valence-corrected chi connectivity index (χ4v) is 5.79. The number of hydrogen-bond acceptors (Lipinski definition) is 7. The summed E-state index contributed by atoms with van der Waals surface area (Å²) in [6.07, 6.45) is 2.33. The van der Waals surface area contributed by atoms with Crippen LogP contribution in [0, 0.1) is 24.1 Å². The molecule has 35 heavy (non-hydrogen) atoms. The van der Waals surface area contributed by atoms with Crippen LogP contribution in [0.5, 0.6) is 0 Å². The Labute approximate surface area is 205 Å². The first-order valence-corrected chi connectivity index (χ1v) is 12.2. The van der Waals surface area contributed by atoms with Crippen LogP contribution in [0.2, 0.25) is 0 Å². The lowest BCUT2D eigenvalue weighted by Crippen LogP contribution is -2.57. The Morgan fingerprint density at radius 3 is 2.77 bits per heavy atom. The topological polar surface area (TPSA) is 94.4 Å². The highest BCUT2D eigenvalue weighted by molar-refractivity contribution is 5.91. The van der Waals surface area contributed by atoms with Gasteiger partial charge in [-0.15, -0.1) is 0 Å². The van der Waals surface area contributed by atoms with Crippen molar-refractivity contribution in [1.29, 1.82) is 5.26 Å². The summed E-state index contributed by atoms with van der Waals surface area (Å²) < 4.78 is 20.5. The van der Waals surface area contributed by atoms with Crippen LogP contribution < -0.4 is 5.32 Å². The van der Waals surface area contributed by atoms with Gasteiger partial charge in [-0.1, -0.05) is 12.1 Å². The molecule has 1 aromatic heterocycles. The first-order valence-electron chi connectivity index (χ1n) is 12.2. The fraction of sp³-hybridized carbons (Fsp3) is 0.538. The van der Waals surface area contributed by atoms with E-state index in [1.54, 1.807) is 12.1 Å². The summed E-state index contributed by atoms with van der Waals surface area (Å²) in [4.78, 5) is 27.8. The van der Waals surface area contributed by atoms with Crippen LogP contribution >= 0.6 is 0 Å². The van der Waals surface area contributed by atoms with E-state index in [0.717, 1.165) is 30.6 Å². The van der Waals surface area contributed by atoms with E-state index in [1.165, 1.54) is 6.07 Å².